The molecule has 282 valence electrons. The van der Waals surface area contributed by atoms with Crippen LogP contribution in [0.4, 0.5) is 17.1 Å². The number of fused-ring (bicyclic) bond motifs is 4. The van der Waals surface area contributed by atoms with Gasteiger partial charge in [0.15, 0.2) is 0 Å². The van der Waals surface area contributed by atoms with Crippen LogP contribution in [-0.2, 0) is 0 Å². The molecule has 0 aliphatic carbocycles. The van der Waals surface area contributed by atoms with Crippen molar-refractivity contribution in [2.45, 2.75) is 0 Å². The fraction of sp³-hybridized carbons (Fsp3) is 0. The molecule has 10 aromatic carbocycles. The molecule has 0 fully saturated rings. The van der Waals surface area contributed by atoms with Gasteiger partial charge in [-0.2, -0.15) is 0 Å². The van der Waals surface area contributed by atoms with Gasteiger partial charge in [-0.25, -0.2) is 0 Å². The first-order chi connectivity index (χ1) is 29.7. The van der Waals surface area contributed by atoms with Gasteiger partial charge in [0.1, 0.15) is 11.3 Å². The van der Waals surface area contributed by atoms with Crippen LogP contribution in [0.25, 0.3) is 88.3 Å². The first kappa shape index (κ1) is 35.2. The van der Waals surface area contributed by atoms with Gasteiger partial charge < -0.3 is 9.32 Å². The Morgan fingerprint density at radius 3 is 1.47 bits per heavy atom. The SMILES string of the molecule is c1ccc(-c2ccc(-c3ccccc3N(c3ccc(-c4ccc(-c5ccccc5-c5cc6ccccc6o5)cc4)cc3)c3cc4ccccc4c4ccccc34)cc2)cc1. The van der Waals surface area contributed by atoms with Crippen LogP contribution in [0.1, 0.15) is 0 Å². The maximum Gasteiger partial charge on any atom is 0.136 e. The molecule has 1 aromatic heterocycles. The Morgan fingerprint density at radius 2 is 0.767 bits per heavy atom. The maximum atomic E-state index is 6.30. The molecule has 0 amide bonds. The molecule has 0 aliphatic rings. The summed E-state index contributed by atoms with van der Waals surface area (Å²) in [6.07, 6.45) is 0. The van der Waals surface area contributed by atoms with E-state index in [9.17, 15) is 0 Å². The minimum atomic E-state index is 0.876. The molecule has 0 saturated heterocycles. The predicted octanol–water partition coefficient (Wildman–Crippen LogP) is 16.5. The van der Waals surface area contributed by atoms with E-state index in [1.807, 2.05) is 18.2 Å². The van der Waals surface area contributed by atoms with Gasteiger partial charge in [-0.1, -0.05) is 200 Å². The van der Waals surface area contributed by atoms with E-state index in [0.717, 1.165) is 67.2 Å². The molecule has 0 unspecified atom stereocenters. The van der Waals surface area contributed by atoms with Crippen LogP contribution in [0.5, 0.6) is 0 Å². The van der Waals surface area contributed by atoms with Crippen LogP contribution < -0.4 is 4.90 Å². The quantitative estimate of drug-likeness (QED) is 0.143. The zero-order valence-electron chi connectivity index (χ0n) is 32.9. The average molecular weight is 766 g/mol. The lowest BCUT2D eigenvalue weighted by atomic mass is 9.95. The first-order valence-electron chi connectivity index (χ1n) is 20.5. The second-order valence-corrected chi connectivity index (χ2v) is 15.3. The Morgan fingerprint density at radius 1 is 0.283 bits per heavy atom. The fourth-order valence-corrected chi connectivity index (χ4v) is 8.72. The summed E-state index contributed by atoms with van der Waals surface area (Å²) < 4.78 is 6.30. The van der Waals surface area contributed by atoms with Crippen molar-refractivity contribution in [1.29, 1.82) is 0 Å². The fourth-order valence-electron chi connectivity index (χ4n) is 8.72. The molecule has 0 saturated carbocycles. The van der Waals surface area contributed by atoms with Crippen LogP contribution in [-0.4, -0.2) is 0 Å². The van der Waals surface area contributed by atoms with Gasteiger partial charge in [0.05, 0.1) is 11.4 Å². The van der Waals surface area contributed by atoms with E-state index in [1.54, 1.807) is 0 Å². The van der Waals surface area contributed by atoms with Gasteiger partial charge in [0.2, 0.25) is 0 Å². The second kappa shape index (κ2) is 15.1. The van der Waals surface area contributed by atoms with Crippen molar-refractivity contribution in [3.8, 4) is 55.8 Å². The Balaban J connectivity index is 0.995. The van der Waals surface area contributed by atoms with E-state index in [1.165, 1.54) is 38.2 Å². The molecule has 0 bridgehead atoms. The number of benzene rings is 10. The van der Waals surface area contributed by atoms with E-state index in [0.29, 0.717) is 0 Å². The molecule has 0 radical (unpaired) electrons. The number of nitrogens with zero attached hydrogens (tertiary/aromatic N) is 1. The number of rotatable bonds is 8. The number of anilines is 3. The van der Waals surface area contributed by atoms with E-state index < -0.39 is 0 Å². The Kier molecular flexibility index (Phi) is 8.87. The smallest absolute Gasteiger partial charge is 0.136 e. The lowest BCUT2D eigenvalue weighted by Crippen LogP contribution is -2.12. The van der Waals surface area contributed by atoms with E-state index in [4.69, 9.17) is 4.42 Å². The normalized spacial score (nSPS) is 11.3. The van der Waals surface area contributed by atoms with Crippen LogP contribution in [0, 0.1) is 0 Å². The van der Waals surface area contributed by atoms with Gasteiger partial charge in [-0.15, -0.1) is 0 Å². The maximum absolute atomic E-state index is 6.30. The van der Waals surface area contributed by atoms with Gasteiger partial charge >= 0.3 is 0 Å². The summed E-state index contributed by atoms with van der Waals surface area (Å²) in [5.74, 6) is 0.876. The van der Waals surface area contributed by atoms with Gasteiger partial charge in [0.25, 0.3) is 0 Å². The molecule has 0 aliphatic heterocycles. The van der Waals surface area contributed by atoms with Crippen molar-refractivity contribution >= 4 is 49.6 Å². The number of hydrogen-bond acceptors (Lipinski definition) is 2. The van der Waals surface area contributed by atoms with Crippen LogP contribution in [0.3, 0.4) is 0 Å². The summed E-state index contributed by atoms with van der Waals surface area (Å²) >= 11 is 0. The minimum Gasteiger partial charge on any atom is -0.456 e. The molecule has 0 N–H and O–H groups in total. The van der Waals surface area contributed by atoms with E-state index >= 15 is 0 Å². The van der Waals surface area contributed by atoms with E-state index in [-0.39, 0.29) is 0 Å². The summed E-state index contributed by atoms with van der Waals surface area (Å²) in [6, 6.07) is 84.9. The summed E-state index contributed by atoms with van der Waals surface area (Å²) in [5.41, 5.74) is 14.7. The van der Waals surface area contributed by atoms with Gasteiger partial charge in [-0.3, -0.25) is 0 Å². The monoisotopic (exact) mass is 765 g/mol. The third kappa shape index (κ3) is 6.41. The highest BCUT2D eigenvalue weighted by Gasteiger charge is 2.21. The molecule has 2 nitrogen and oxygen atoms in total. The number of furan rings is 1. The Labute approximate surface area is 349 Å². The summed E-state index contributed by atoms with van der Waals surface area (Å²) in [7, 11) is 0. The third-order valence-electron chi connectivity index (χ3n) is 11.7. The van der Waals surface area contributed by atoms with E-state index in [2.05, 4.69) is 223 Å². The molecule has 11 rings (SSSR count). The van der Waals surface area contributed by atoms with Crippen molar-refractivity contribution in [2.75, 3.05) is 4.90 Å². The minimum absolute atomic E-state index is 0.876. The number of para-hydroxylation sites is 2. The molecule has 0 atom stereocenters. The third-order valence-corrected chi connectivity index (χ3v) is 11.7. The number of hydrogen-bond donors (Lipinski definition) is 0. The zero-order valence-corrected chi connectivity index (χ0v) is 32.9. The van der Waals surface area contributed by atoms with Crippen molar-refractivity contribution in [2.24, 2.45) is 0 Å². The van der Waals surface area contributed by atoms with Crippen molar-refractivity contribution in [3.63, 3.8) is 0 Å². The van der Waals surface area contributed by atoms with Crippen LogP contribution in [0.15, 0.2) is 241 Å². The van der Waals surface area contributed by atoms with Crippen molar-refractivity contribution in [1.82, 2.24) is 0 Å². The largest absolute Gasteiger partial charge is 0.456 e. The van der Waals surface area contributed by atoms with Crippen molar-refractivity contribution < 1.29 is 4.42 Å². The highest BCUT2D eigenvalue weighted by Crippen LogP contribution is 2.46. The molecular weight excluding hydrogens is 727 g/mol. The zero-order chi connectivity index (χ0) is 39.8. The van der Waals surface area contributed by atoms with Crippen molar-refractivity contribution in [3.05, 3.63) is 237 Å². The van der Waals surface area contributed by atoms with Gasteiger partial charge in [0, 0.05) is 27.6 Å². The molecular formula is C58H39NO. The van der Waals surface area contributed by atoms with Crippen LogP contribution in [0.2, 0.25) is 0 Å². The highest BCUT2D eigenvalue weighted by atomic mass is 16.3. The topological polar surface area (TPSA) is 16.4 Å². The van der Waals surface area contributed by atoms with Crippen LogP contribution >= 0.6 is 0 Å². The second-order valence-electron chi connectivity index (χ2n) is 15.3. The highest BCUT2D eigenvalue weighted by molar-refractivity contribution is 6.15. The summed E-state index contributed by atoms with van der Waals surface area (Å²) in [6.45, 7) is 0. The standard InChI is InChI=1S/C58H39NO/c1-2-14-40(15-3-1)41-28-32-45(33-29-41)51-20-11-12-24-55(51)59(56-38-46-16-4-6-19-50(46)52-21-8-9-22-53(52)56)48-36-34-43(35-37-48)42-26-30-44(31-27-42)49-18-7-10-23-54(49)58-39-47-17-5-13-25-57(47)60-58/h1-39H. The lowest BCUT2D eigenvalue weighted by molar-refractivity contribution is 0.632. The van der Waals surface area contributed by atoms with Gasteiger partial charge in [-0.05, 0) is 91.5 Å². The Hall–Kier alpha value is -7.94. The molecule has 11 aromatic rings. The summed E-state index contributed by atoms with van der Waals surface area (Å²) in [4.78, 5) is 2.44. The molecule has 0 spiro atoms. The predicted molar refractivity (Wildman–Crippen MR) is 253 cm³/mol. The Bertz CT molecular complexity index is 3260. The first-order valence-corrected chi connectivity index (χ1v) is 20.5. The molecule has 2 heteroatoms. The molecule has 1 heterocycles. The summed E-state index contributed by atoms with van der Waals surface area (Å²) in [5, 5.41) is 6.00. The average Bonchev–Trinajstić information content (AvgIpc) is 3.77. The molecule has 60 heavy (non-hydrogen) atoms. The lowest BCUT2D eigenvalue weighted by Gasteiger charge is -2.30.